The Hall–Kier alpha value is -1.06. The smallest absolute Gasteiger partial charge is 0.135 e. The molecular weight excluding hydrogens is 202 g/mol. The van der Waals surface area contributed by atoms with Crippen molar-refractivity contribution in [3.8, 4) is 5.75 Å². The largest absolute Gasteiger partial charge is 0.494 e. The second-order valence-electron chi connectivity index (χ2n) is 4.64. The summed E-state index contributed by atoms with van der Waals surface area (Å²) in [6.45, 7) is 7.73. The van der Waals surface area contributed by atoms with Crippen LogP contribution >= 0.6 is 0 Å². The van der Waals surface area contributed by atoms with E-state index < -0.39 is 0 Å². The van der Waals surface area contributed by atoms with Crippen molar-refractivity contribution < 1.29 is 9.47 Å². The first-order valence-electron chi connectivity index (χ1n) is 5.75. The maximum atomic E-state index is 5.90. The van der Waals surface area contributed by atoms with Gasteiger partial charge in [0.25, 0.3) is 0 Å². The lowest BCUT2D eigenvalue weighted by atomic mass is 10.1. The molecule has 0 radical (unpaired) electrons. The summed E-state index contributed by atoms with van der Waals surface area (Å²) in [5, 5.41) is 3.35. The standard InChI is InChI=1S/C13H19NO2/c1-4-15-11-7-5-6-10(8-11)12-14-9-13(2,3)16-12/h5-8,12,14H,4,9H2,1-3H3. The van der Waals surface area contributed by atoms with Crippen LogP contribution in [0.25, 0.3) is 0 Å². The number of ether oxygens (including phenoxy) is 2. The zero-order valence-corrected chi connectivity index (χ0v) is 10.1. The Morgan fingerprint density at radius 3 is 2.94 bits per heavy atom. The number of benzene rings is 1. The van der Waals surface area contributed by atoms with Crippen molar-refractivity contribution in [1.29, 1.82) is 0 Å². The molecule has 1 fully saturated rings. The molecule has 0 aliphatic carbocycles. The molecule has 0 saturated carbocycles. The van der Waals surface area contributed by atoms with E-state index in [-0.39, 0.29) is 11.8 Å². The van der Waals surface area contributed by atoms with E-state index in [1.807, 2.05) is 25.1 Å². The van der Waals surface area contributed by atoms with Crippen LogP contribution in [-0.2, 0) is 4.74 Å². The fourth-order valence-corrected chi connectivity index (χ4v) is 1.86. The van der Waals surface area contributed by atoms with E-state index >= 15 is 0 Å². The summed E-state index contributed by atoms with van der Waals surface area (Å²) in [7, 11) is 0. The van der Waals surface area contributed by atoms with E-state index in [0.29, 0.717) is 6.61 Å². The van der Waals surface area contributed by atoms with Gasteiger partial charge >= 0.3 is 0 Å². The second kappa shape index (κ2) is 4.44. The Balaban J connectivity index is 2.12. The van der Waals surface area contributed by atoms with Crippen LogP contribution in [0.5, 0.6) is 5.75 Å². The molecule has 1 atom stereocenters. The van der Waals surface area contributed by atoms with Gasteiger partial charge in [-0.05, 0) is 38.5 Å². The topological polar surface area (TPSA) is 30.5 Å². The average molecular weight is 221 g/mol. The third-order valence-electron chi connectivity index (χ3n) is 2.62. The highest BCUT2D eigenvalue weighted by Crippen LogP contribution is 2.29. The van der Waals surface area contributed by atoms with Gasteiger partial charge in [0, 0.05) is 6.54 Å². The van der Waals surface area contributed by atoms with Crippen molar-refractivity contribution in [2.75, 3.05) is 13.2 Å². The van der Waals surface area contributed by atoms with E-state index in [0.717, 1.165) is 17.9 Å². The highest BCUT2D eigenvalue weighted by atomic mass is 16.5. The Bertz CT molecular complexity index is 363. The summed E-state index contributed by atoms with van der Waals surface area (Å²) >= 11 is 0. The average Bonchev–Trinajstić information content (AvgIpc) is 2.60. The predicted octanol–water partition coefficient (Wildman–Crippen LogP) is 2.48. The fourth-order valence-electron chi connectivity index (χ4n) is 1.86. The van der Waals surface area contributed by atoms with Gasteiger partial charge in [0.1, 0.15) is 12.0 Å². The molecule has 1 aromatic carbocycles. The van der Waals surface area contributed by atoms with Crippen LogP contribution in [0.1, 0.15) is 32.6 Å². The Morgan fingerprint density at radius 1 is 1.50 bits per heavy atom. The highest BCUT2D eigenvalue weighted by molar-refractivity contribution is 5.30. The summed E-state index contributed by atoms with van der Waals surface area (Å²) in [5.74, 6) is 0.898. The molecule has 1 heterocycles. The minimum Gasteiger partial charge on any atom is -0.494 e. The van der Waals surface area contributed by atoms with Crippen molar-refractivity contribution in [3.05, 3.63) is 29.8 Å². The number of hydrogen-bond donors (Lipinski definition) is 1. The van der Waals surface area contributed by atoms with E-state index in [1.54, 1.807) is 0 Å². The molecule has 1 aliphatic rings. The maximum Gasteiger partial charge on any atom is 0.135 e. The van der Waals surface area contributed by atoms with Gasteiger partial charge in [-0.1, -0.05) is 12.1 Å². The molecule has 3 heteroatoms. The first kappa shape index (κ1) is 11.4. The van der Waals surface area contributed by atoms with E-state index in [2.05, 4.69) is 25.2 Å². The Labute approximate surface area is 96.8 Å². The van der Waals surface area contributed by atoms with Crippen LogP contribution in [0, 0.1) is 0 Å². The zero-order chi connectivity index (χ0) is 11.6. The first-order valence-corrected chi connectivity index (χ1v) is 5.75. The lowest BCUT2D eigenvalue weighted by Crippen LogP contribution is -2.23. The van der Waals surface area contributed by atoms with Gasteiger partial charge in [-0.3, -0.25) is 5.32 Å². The molecule has 1 unspecified atom stereocenters. The quantitative estimate of drug-likeness (QED) is 0.850. The monoisotopic (exact) mass is 221 g/mol. The number of hydrogen-bond acceptors (Lipinski definition) is 3. The lowest BCUT2D eigenvalue weighted by molar-refractivity contribution is -0.0156. The third kappa shape index (κ3) is 2.54. The van der Waals surface area contributed by atoms with Crippen LogP contribution in [0.3, 0.4) is 0 Å². The normalized spacial score (nSPS) is 23.3. The van der Waals surface area contributed by atoms with Gasteiger partial charge < -0.3 is 9.47 Å². The van der Waals surface area contributed by atoms with Crippen LogP contribution in [0.15, 0.2) is 24.3 Å². The molecule has 1 saturated heterocycles. The summed E-state index contributed by atoms with van der Waals surface area (Å²) in [6.07, 6.45) is -0.0181. The molecular formula is C13H19NO2. The molecule has 0 aromatic heterocycles. The molecule has 16 heavy (non-hydrogen) atoms. The molecule has 1 N–H and O–H groups in total. The zero-order valence-electron chi connectivity index (χ0n) is 10.1. The minimum atomic E-state index is -0.0910. The maximum absolute atomic E-state index is 5.90. The second-order valence-corrected chi connectivity index (χ2v) is 4.64. The van der Waals surface area contributed by atoms with Gasteiger partial charge in [0.2, 0.25) is 0 Å². The summed E-state index contributed by atoms with van der Waals surface area (Å²) < 4.78 is 11.4. The first-order chi connectivity index (χ1) is 7.61. The van der Waals surface area contributed by atoms with Crippen LogP contribution in [-0.4, -0.2) is 18.8 Å². The van der Waals surface area contributed by atoms with Crippen molar-refractivity contribution >= 4 is 0 Å². The van der Waals surface area contributed by atoms with Gasteiger partial charge in [-0.2, -0.15) is 0 Å². The number of rotatable bonds is 3. The Kier molecular flexibility index (Phi) is 3.17. The summed E-state index contributed by atoms with van der Waals surface area (Å²) in [5.41, 5.74) is 1.03. The van der Waals surface area contributed by atoms with Crippen LogP contribution < -0.4 is 10.1 Å². The molecule has 2 rings (SSSR count). The Morgan fingerprint density at radius 2 is 2.31 bits per heavy atom. The van der Waals surface area contributed by atoms with Gasteiger partial charge in [-0.15, -0.1) is 0 Å². The minimum absolute atomic E-state index is 0.0181. The van der Waals surface area contributed by atoms with Crippen molar-refractivity contribution in [3.63, 3.8) is 0 Å². The molecule has 3 nitrogen and oxygen atoms in total. The van der Waals surface area contributed by atoms with E-state index in [4.69, 9.17) is 9.47 Å². The van der Waals surface area contributed by atoms with Gasteiger partial charge in [0.15, 0.2) is 0 Å². The summed E-state index contributed by atoms with van der Waals surface area (Å²) in [6, 6.07) is 8.05. The van der Waals surface area contributed by atoms with Crippen LogP contribution in [0.2, 0.25) is 0 Å². The molecule has 1 aliphatic heterocycles. The molecule has 0 bridgehead atoms. The highest BCUT2D eigenvalue weighted by Gasteiger charge is 2.31. The molecule has 0 spiro atoms. The SMILES string of the molecule is CCOc1cccc(C2NCC(C)(C)O2)c1. The van der Waals surface area contributed by atoms with Crippen molar-refractivity contribution in [2.45, 2.75) is 32.6 Å². The molecule has 88 valence electrons. The number of nitrogens with one attached hydrogen (secondary N) is 1. The van der Waals surface area contributed by atoms with Gasteiger partial charge in [-0.25, -0.2) is 0 Å². The van der Waals surface area contributed by atoms with Gasteiger partial charge in [0.05, 0.1) is 12.2 Å². The molecule has 0 amide bonds. The van der Waals surface area contributed by atoms with Crippen LogP contribution in [0.4, 0.5) is 0 Å². The summed E-state index contributed by atoms with van der Waals surface area (Å²) in [4.78, 5) is 0. The predicted molar refractivity (Wildman–Crippen MR) is 63.5 cm³/mol. The van der Waals surface area contributed by atoms with E-state index in [1.165, 1.54) is 0 Å². The molecule has 1 aromatic rings. The fraction of sp³-hybridized carbons (Fsp3) is 0.538. The van der Waals surface area contributed by atoms with Crippen molar-refractivity contribution in [2.24, 2.45) is 0 Å². The van der Waals surface area contributed by atoms with E-state index in [9.17, 15) is 0 Å². The third-order valence-corrected chi connectivity index (χ3v) is 2.62. The lowest BCUT2D eigenvalue weighted by Gasteiger charge is -2.18. The van der Waals surface area contributed by atoms with Crippen molar-refractivity contribution in [1.82, 2.24) is 5.32 Å².